The van der Waals surface area contributed by atoms with Crippen LogP contribution in [0, 0.1) is 3.57 Å². The fourth-order valence-corrected chi connectivity index (χ4v) is 2.67. The molecule has 1 aromatic carbocycles. The zero-order valence-electron chi connectivity index (χ0n) is 10.5. The van der Waals surface area contributed by atoms with Crippen molar-refractivity contribution in [2.45, 2.75) is 25.9 Å². The first kappa shape index (κ1) is 15.7. The van der Waals surface area contributed by atoms with Crippen molar-refractivity contribution in [2.75, 3.05) is 13.1 Å². The van der Waals surface area contributed by atoms with Gasteiger partial charge in [-0.25, -0.2) is 0 Å². The zero-order valence-corrected chi connectivity index (χ0v) is 13.5. The van der Waals surface area contributed by atoms with Gasteiger partial charge in [0.15, 0.2) is 0 Å². The van der Waals surface area contributed by atoms with Crippen LogP contribution >= 0.6 is 35.0 Å². The molecule has 100 valence electrons. The highest BCUT2D eigenvalue weighted by Crippen LogP contribution is 2.15. The summed E-state index contributed by atoms with van der Waals surface area (Å²) in [5.74, 6) is 0.143. The van der Waals surface area contributed by atoms with Crippen molar-refractivity contribution >= 4 is 40.9 Å². The summed E-state index contributed by atoms with van der Waals surface area (Å²) in [5.41, 5.74) is 0.790. The molecular weight excluding hydrogens is 363 g/mol. The van der Waals surface area contributed by atoms with Crippen molar-refractivity contribution in [3.8, 4) is 0 Å². The minimum absolute atomic E-state index is 0. The van der Waals surface area contributed by atoms with Crippen LogP contribution in [0.2, 0.25) is 0 Å². The lowest BCUT2D eigenvalue weighted by Gasteiger charge is -2.38. The standard InChI is InChI=1S/C13H17IN2O.ClH/c1-9-10(2)16(7-6-15-9)13(17)11-4-3-5-12(14)8-11;/h3-5,8-10,15H,6-7H2,1-2H3;1H. The number of carbonyl (C=O) groups excluding carboxylic acids is 1. The molecule has 1 aliphatic rings. The molecule has 1 aliphatic heterocycles. The quantitative estimate of drug-likeness (QED) is 0.760. The Hall–Kier alpha value is -0.330. The Balaban J connectivity index is 0.00000162. The normalized spacial score (nSPS) is 23.4. The maximum absolute atomic E-state index is 12.4. The number of hydrogen-bond donors (Lipinski definition) is 1. The van der Waals surface area contributed by atoms with Crippen LogP contribution in [0.4, 0.5) is 0 Å². The molecule has 3 nitrogen and oxygen atoms in total. The van der Waals surface area contributed by atoms with Crippen LogP contribution in [0.1, 0.15) is 24.2 Å². The maximum atomic E-state index is 12.4. The predicted octanol–water partition coefficient (Wildman–Crippen LogP) is 2.54. The first-order chi connectivity index (χ1) is 8.09. The molecule has 2 rings (SSSR count). The second kappa shape index (κ2) is 6.73. The number of rotatable bonds is 1. The third-order valence-electron chi connectivity index (χ3n) is 3.37. The number of hydrogen-bond acceptors (Lipinski definition) is 2. The number of nitrogens with zero attached hydrogens (tertiary/aromatic N) is 1. The van der Waals surface area contributed by atoms with Gasteiger partial charge in [-0.3, -0.25) is 4.79 Å². The number of piperazine rings is 1. The highest BCUT2D eigenvalue weighted by atomic mass is 127. The van der Waals surface area contributed by atoms with Gasteiger partial charge >= 0.3 is 0 Å². The Labute approximate surface area is 128 Å². The first-order valence-corrected chi connectivity index (χ1v) is 6.97. The zero-order chi connectivity index (χ0) is 12.4. The Kier molecular flexibility index (Phi) is 5.88. The molecule has 1 saturated heterocycles. The van der Waals surface area contributed by atoms with Crippen molar-refractivity contribution < 1.29 is 4.79 Å². The molecule has 18 heavy (non-hydrogen) atoms. The van der Waals surface area contributed by atoms with E-state index in [-0.39, 0.29) is 24.4 Å². The van der Waals surface area contributed by atoms with E-state index >= 15 is 0 Å². The van der Waals surface area contributed by atoms with Gasteiger partial charge in [-0.15, -0.1) is 12.4 Å². The Bertz CT molecular complexity index is 427. The fourth-order valence-electron chi connectivity index (χ4n) is 2.13. The molecule has 0 spiro atoms. The van der Waals surface area contributed by atoms with E-state index in [0.29, 0.717) is 6.04 Å². The molecule has 1 N–H and O–H groups in total. The topological polar surface area (TPSA) is 32.3 Å². The minimum Gasteiger partial charge on any atom is -0.333 e. The SMILES string of the molecule is CC1NCCN(C(=O)c2cccc(I)c2)C1C.Cl. The Morgan fingerprint density at radius 3 is 2.83 bits per heavy atom. The Morgan fingerprint density at radius 2 is 2.17 bits per heavy atom. The minimum atomic E-state index is 0. The van der Waals surface area contributed by atoms with Gasteiger partial charge in [-0.2, -0.15) is 0 Å². The number of nitrogens with one attached hydrogen (secondary N) is 1. The van der Waals surface area contributed by atoms with E-state index in [4.69, 9.17) is 0 Å². The highest BCUT2D eigenvalue weighted by molar-refractivity contribution is 14.1. The number of halogens is 2. The molecule has 5 heteroatoms. The van der Waals surface area contributed by atoms with Gasteiger partial charge in [-0.1, -0.05) is 6.07 Å². The van der Waals surface area contributed by atoms with Crippen molar-refractivity contribution in [2.24, 2.45) is 0 Å². The molecule has 1 heterocycles. The van der Waals surface area contributed by atoms with E-state index in [9.17, 15) is 4.79 Å². The van der Waals surface area contributed by atoms with Gasteiger partial charge in [0.1, 0.15) is 0 Å². The van der Waals surface area contributed by atoms with Crippen LogP contribution in [0.25, 0.3) is 0 Å². The molecule has 0 saturated carbocycles. The monoisotopic (exact) mass is 380 g/mol. The summed E-state index contributed by atoms with van der Waals surface area (Å²) in [4.78, 5) is 14.4. The molecule has 2 atom stereocenters. The smallest absolute Gasteiger partial charge is 0.254 e. The maximum Gasteiger partial charge on any atom is 0.254 e. The van der Waals surface area contributed by atoms with E-state index in [2.05, 4.69) is 41.8 Å². The van der Waals surface area contributed by atoms with Crippen LogP contribution < -0.4 is 5.32 Å². The fraction of sp³-hybridized carbons (Fsp3) is 0.462. The number of carbonyl (C=O) groups is 1. The molecule has 1 aromatic rings. The largest absolute Gasteiger partial charge is 0.333 e. The third-order valence-corrected chi connectivity index (χ3v) is 4.04. The molecule has 0 aromatic heterocycles. The molecule has 1 amide bonds. The summed E-state index contributed by atoms with van der Waals surface area (Å²) in [7, 11) is 0. The highest BCUT2D eigenvalue weighted by Gasteiger charge is 2.28. The van der Waals surface area contributed by atoms with E-state index in [1.54, 1.807) is 0 Å². The molecule has 1 fully saturated rings. The first-order valence-electron chi connectivity index (χ1n) is 5.89. The molecular formula is C13H18ClIN2O. The number of amides is 1. The van der Waals surface area contributed by atoms with Crippen LogP contribution in [-0.2, 0) is 0 Å². The average Bonchev–Trinajstić information content (AvgIpc) is 2.32. The van der Waals surface area contributed by atoms with E-state index < -0.39 is 0 Å². The van der Waals surface area contributed by atoms with Crippen LogP contribution in [-0.4, -0.2) is 36.0 Å². The lowest BCUT2D eigenvalue weighted by atomic mass is 10.1. The predicted molar refractivity (Wildman–Crippen MR) is 84.4 cm³/mol. The van der Waals surface area contributed by atoms with E-state index in [1.807, 2.05) is 29.2 Å². The van der Waals surface area contributed by atoms with Crippen molar-refractivity contribution in [1.82, 2.24) is 10.2 Å². The van der Waals surface area contributed by atoms with E-state index in [1.165, 1.54) is 0 Å². The van der Waals surface area contributed by atoms with Gasteiger partial charge in [-0.05, 0) is 54.6 Å². The van der Waals surface area contributed by atoms with E-state index in [0.717, 1.165) is 22.2 Å². The molecule has 0 bridgehead atoms. The lowest BCUT2D eigenvalue weighted by Crippen LogP contribution is -2.57. The third kappa shape index (κ3) is 3.36. The summed E-state index contributed by atoms with van der Waals surface area (Å²) in [5, 5.41) is 3.38. The second-order valence-corrected chi connectivity index (χ2v) is 5.74. The van der Waals surface area contributed by atoms with Crippen LogP contribution in [0.5, 0.6) is 0 Å². The summed E-state index contributed by atoms with van der Waals surface area (Å²) in [6.07, 6.45) is 0. The average molecular weight is 381 g/mol. The van der Waals surface area contributed by atoms with Gasteiger partial charge in [0.2, 0.25) is 0 Å². The molecule has 0 aliphatic carbocycles. The Morgan fingerprint density at radius 1 is 1.44 bits per heavy atom. The van der Waals surface area contributed by atoms with Crippen molar-refractivity contribution in [3.63, 3.8) is 0 Å². The number of benzene rings is 1. The van der Waals surface area contributed by atoms with Gasteiger partial charge in [0, 0.05) is 34.3 Å². The summed E-state index contributed by atoms with van der Waals surface area (Å²) in [6.45, 7) is 5.89. The lowest BCUT2D eigenvalue weighted by molar-refractivity contribution is 0.0603. The van der Waals surface area contributed by atoms with Gasteiger partial charge < -0.3 is 10.2 Å². The van der Waals surface area contributed by atoms with Crippen LogP contribution in [0.15, 0.2) is 24.3 Å². The summed E-state index contributed by atoms with van der Waals surface area (Å²) < 4.78 is 1.10. The van der Waals surface area contributed by atoms with Crippen LogP contribution in [0.3, 0.4) is 0 Å². The molecule has 2 unspecified atom stereocenters. The second-order valence-electron chi connectivity index (χ2n) is 4.49. The summed E-state index contributed by atoms with van der Waals surface area (Å²) >= 11 is 2.24. The van der Waals surface area contributed by atoms with Crippen molar-refractivity contribution in [3.05, 3.63) is 33.4 Å². The van der Waals surface area contributed by atoms with Gasteiger partial charge in [0.25, 0.3) is 5.91 Å². The summed E-state index contributed by atoms with van der Waals surface area (Å²) in [6, 6.07) is 8.38. The van der Waals surface area contributed by atoms with Crippen molar-refractivity contribution in [1.29, 1.82) is 0 Å². The molecule has 0 radical (unpaired) electrons. The van der Waals surface area contributed by atoms with Gasteiger partial charge in [0.05, 0.1) is 0 Å².